The highest BCUT2D eigenvalue weighted by Crippen LogP contribution is 2.39. The molecule has 2 heteroatoms. The molecule has 2 nitrogen and oxygen atoms in total. The molecule has 0 bridgehead atoms. The van der Waals surface area contributed by atoms with Gasteiger partial charge in [-0.1, -0.05) is 13.8 Å². The summed E-state index contributed by atoms with van der Waals surface area (Å²) in [7, 11) is 1.83. The fourth-order valence-corrected chi connectivity index (χ4v) is 2.02. The summed E-state index contributed by atoms with van der Waals surface area (Å²) in [6, 6.07) is 0.549. The third-order valence-corrected chi connectivity index (χ3v) is 3.34. The van der Waals surface area contributed by atoms with Gasteiger partial charge in [-0.3, -0.25) is 0 Å². The first-order chi connectivity index (χ1) is 6.18. The van der Waals surface area contributed by atoms with Crippen LogP contribution in [0.1, 0.15) is 40.0 Å². The van der Waals surface area contributed by atoms with Crippen LogP contribution in [0.15, 0.2) is 0 Å². The predicted octanol–water partition coefficient (Wildman–Crippen LogP) is 2.19. The van der Waals surface area contributed by atoms with E-state index in [2.05, 4.69) is 26.1 Å². The Hall–Kier alpha value is -0.0800. The Labute approximate surface area is 82.0 Å². The minimum atomic E-state index is 0.0250. The van der Waals surface area contributed by atoms with Gasteiger partial charge in [0.2, 0.25) is 0 Å². The molecule has 1 aliphatic carbocycles. The van der Waals surface area contributed by atoms with Crippen molar-refractivity contribution in [1.29, 1.82) is 0 Å². The van der Waals surface area contributed by atoms with Crippen molar-refractivity contribution in [1.82, 2.24) is 5.32 Å². The Morgan fingerprint density at radius 3 is 2.38 bits per heavy atom. The molecule has 1 rings (SSSR count). The van der Waals surface area contributed by atoms with E-state index in [0.717, 1.165) is 18.9 Å². The first-order valence-electron chi connectivity index (χ1n) is 5.46. The van der Waals surface area contributed by atoms with Gasteiger partial charge in [0.25, 0.3) is 0 Å². The summed E-state index contributed by atoms with van der Waals surface area (Å²) in [5.74, 6) is 0.852. The molecule has 0 heterocycles. The number of hydrogen-bond acceptors (Lipinski definition) is 2. The zero-order valence-corrected chi connectivity index (χ0v) is 9.39. The zero-order valence-electron chi connectivity index (χ0n) is 9.39. The molecule has 2 atom stereocenters. The van der Waals surface area contributed by atoms with Crippen molar-refractivity contribution >= 4 is 0 Å². The molecule has 0 aromatic carbocycles. The third-order valence-electron chi connectivity index (χ3n) is 3.34. The number of nitrogens with one attached hydrogen (secondary N) is 1. The smallest absolute Gasteiger partial charge is 0.0803 e. The van der Waals surface area contributed by atoms with Crippen molar-refractivity contribution in [3.8, 4) is 0 Å². The van der Waals surface area contributed by atoms with Gasteiger partial charge in [0, 0.05) is 13.2 Å². The van der Waals surface area contributed by atoms with Crippen LogP contribution < -0.4 is 5.32 Å². The van der Waals surface area contributed by atoms with Crippen molar-refractivity contribution in [2.24, 2.45) is 5.92 Å². The van der Waals surface area contributed by atoms with Crippen molar-refractivity contribution < 1.29 is 4.74 Å². The highest BCUT2D eigenvalue weighted by atomic mass is 16.5. The Morgan fingerprint density at radius 1 is 1.46 bits per heavy atom. The number of rotatable bonds is 6. The number of methoxy groups -OCH3 is 1. The third kappa shape index (κ3) is 2.44. The van der Waals surface area contributed by atoms with Crippen LogP contribution in [-0.2, 0) is 4.74 Å². The lowest BCUT2D eigenvalue weighted by molar-refractivity contribution is -0.0345. The van der Waals surface area contributed by atoms with Crippen molar-refractivity contribution in [3.05, 3.63) is 0 Å². The maximum Gasteiger partial charge on any atom is 0.0803 e. The maximum absolute atomic E-state index is 5.64. The molecule has 1 aliphatic rings. The molecular formula is C11H23NO. The Kier molecular flexibility index (Phi) is 3.74. The van der Waals surface area contributed by atoms with Gasteiger partial charge >= 0.3 is 0 Å². The number of ether oxygens (including phenoxy) is 1. The molecular weight excluding hydrogens is 162 g/mol. The van der Waals surface area contributed by atoms with E-state index >= 15 is 0 Å². The minimum Gasteiger partial charge on any atom is -0.377 e. The lowest BCUT2D eigenvalue weighted by atomic mass is 9.89. The summed E-state index contributed by atoms with van der Waals surface area (Å²) < 4.78 is 5.64. The quantitative estimate of drug-likeness (QED) is 0.685. The lowest BCUT2D eigenvalue weighted by Gasteiger charge is -2.36. The molecule has 1 fully saturated rings. The fraction of sp³-hybridized carbons (Fsp3) is 1.00. The van der Waals surface area contributed by atoms with E-state index in [4.69, 9.17) is 4.74 Å². The topological polar surface area (TPSA) is 21.3 Å². The van der Waals surface area contributed by atoms with Gasteiger partial charge in [0.05, 0.1) is 5.60 Å². The highest BCUT2D eigenvalue weighted by molar-refractivity contribution is 4.98. The molecule has 0 amide bonds. The van der Waals surface area contributed by atoms with E-state index in [1.54, 1.807) is 0 Å². The molecule has 0 saturated heterocycles. The summed E-state index contributed by atoms with van der Waals surface area (Å²) in [5.41, 5.74) is 0.0250. The van der Waals surface area contributed by atoms with E-state index in [9.17, 15) is 0 Å². The molecule has 0 aromatic rings. The molecule has 2 unspecified atom stereocenters. The van der Waals surface area contributed by atoms with E-state index in [1.165, 1.54) is 12.8 Å². The molecule has 78 valence electrons. The van der Waals surface area contributed by atoms with Gasteiger partial charge in [-0.2, -0.15) is 0 Å². The van der Waals surface area contributed by atoms with Gasteiger partial charge in [0.15, 0.2) is 0 Å². The highest BCUT2D eigenvalue weighted by Gasteiger charge is 2.42. The first-order valence-corrected chi connectivity index (χ1v) is 5.46. The number of hydrogen-bond donors (Lipinski definition) is 1. The van der Waals surface area contributed by atoms with Crippen LogP contribution in [-0.4, -0.2) is 25.3 Å². The van der Waals surface area contributed by atoms with E-state index in [-0.39, 0.29) is 5.60 Å². The summed E-state index contributed by atoms with van der Waals surface area (Å²) in [5, 5.41) is 3.56. The van der Waals surface area contributed by atoms with Gasteiger partial charge in [-0.05, 0) is 38.6 Å². The van der Waals surface area contributed by atoms with Gasteiger partial charge < -0.3 is 10.1 Å². The molecule has 0 radical (unpaired) electrons. The monoisotopic (exact) mass is 185 g/mol. The van der Waals surface area contributed by atoms with Crippen LogP contribution in [0, 0.1) is 5.92 Å². The molecule has 13 heavy (non-hydrogen) atoms. The van der Waals surface area contributed by atoms with Crippen LogP contribution in [0.2, 0.25) is 0 Å². The average Bonchev–Trinajstić information content (AvgIpc) is 2.96. The first kappa shape index (κ1) is 11.0. The van der Waals surface area contributed by atoms with Crippen LogP contribution >= 0.6 is 0 Å². The second-order valence-electron chi connectivity index (χ2n) is 4.24. The average molecular weight is 185 g/mol. The second kappa shape index (κ2) is 4.43. The summed E-state index contributed by atoms with van der Waals surface area (Å²) in [6.45, 7) is 7.64. The van der Waals surface area contributed by atoms with Crippen molar-refractivity contribution in [2.75, 3.05) is 13.7 Å². The standard InChI is InChI=1S/C11H23NO/c1-5-11(3,13-4)10(12-6-2)9-7-8-9/h9-10,12H,5-8H2,1-4H3. The van der Waals surface area contributed by atoms with E-state index in [0.29, 0.717) is 6.04 Å². The van der Waals surface area contributed by atoms with Crippen LogP contribution in [0.25, 0.3) is 0 Å². The second-order valence-corrected chi connectivity index (χ2v) is 4.24. The SMILES string of the molecule is CCNC(C1CC1)C(C)(CC)OC. The predicted molar refractivity (Wildman–Crippen MR) is 55.9 cm³/mol. The van der Waals surface area contributed by atoms with Gasteiger partial charge in [-0.15, -0.1) is 0 Å². The molecule has 0 aromatic heterocycles. The molecule has 0 aliphatic heterocycles. The van der Waals surface area contributed by atoms with Crippen LogP contribution in [0.4, 0.5) is 0 Å². The minimum absolute atomic E-state index is 0.0250. The van der Waals surface area contributed by atoms with Gasteiger partial charge in [0.1, 0.15) is 0 Å². The summed E-state index contributed by atoms with van der Waals surface area (Å²) in [6.07, 6.45) is 3.82. The summed E-state index contributed by atoms with van der Waals surface area (Å²) >= 11 is 0. The van der Waals surface area contributed by atoms with Crippen LogP contribution in [0.5, 0.6) is 0 Å². The lowest BCUT2D eigenvalue weighted by Crippen LogP contribution is -2.51. The fourth-order valence-electron chi connectivity index (χ4n) is 2.02. The molecule has 1 N–H and O–H groups in total. The summed E-state index contributed by atoms with van der Waals surface area (Å²) in [4.78, 5) is 0. The largest absolute Gasteiger partial charge is 0.377 e. The molecule has 1 saturated carbocycles. The number of likely N-dealkylation sites (N-methyl/N-ethyl adjacent to an activating group) is 1. The van der Waals surface area contributed by atoms with Crippen LogP contribution in [0.3, 0.4) is 0 Å². The van der Waals surface area contributed by atoms with Gasteiger partial charge in [-0.25, -0.2) is 0 Å². The maximum atomic E-state index is 5.64. The Balaban J connectivity index is 2.59. The van der Waals surface area contributed by atoms with E-state index < -0.39 is 0 Å². The van der Waals surface area contributed by atoms with E-state index in [1.807, 2.05) is 7.11 Å². The Bertz CT molecular complexity index is 150. The Morgan fingerprint density at radius 2 is 2.08 bits per heavy atom. The molecule has 0 spiro atoms. The zero-order chi connectivity index (χ0) is 9.90. The normalized spacial score (nSPS) is 24.0. The van der Waals surface area contributed by atoms with Crippen molar-refractivity contribution in [3.63, 3.8) is 0 Å². The van der Waals surface area contributed by atoms with Crippen molar-refractivity contribution in [2.45, 2.75) is 51.7 Å².